The maximum absolute atomic E-state index is 11.5. The van der Waals surface area contributed by atoms with Crippen LogP contribution in [-0.4, -0.2) is 20.9 Å². The van der Waals surface area contributed by atoms with Crippen molar-refractivity contribution in [3.05, 3.63) is 12.7 Å². The molecule has 14 heavy (non-hydrogen) atoms. The van der Waals surface area contributed by atoms with E-state index in [1.54, 1.807) is 6.08 Å². The van der Waals surface area contributed by atoms with Gasteiger partial charge in [-0.1, -0.05) is 6.08 Å². The molecule has 1 aliphatic rings. The SMILES string of the molecule is C=CCC(N)C(=O)NS(=O)C1(C)CC1. The van der Waals surface area contributed by atoms with Gasteiger partial charge in [0, 0.05) is 0 Å². The van der Waals surface area contributed by atoms with E-state index in [0.717, 1.165) is 12.8 Å². The molecule has 0 aliphatic heterocycles. The van der Waals surface area contributed by atoms with Crippen molar-refractivity contribution in [1.29, 1.82) is 0 Å². The molecule has 0 aromatic carbocycles. The fraction of sp³-hybridized carbons (Fsp3) is 0.667. The summed E-state index contributed by atoms with van der Waals surface area (Å²) in [4.78, 5) is 11.3. The number of hydrogen-bond donors (Lipinski definition) is 2. The van der Waals surface area contributed by atoms with Gasteiger partial charge < -0.3 is 5.73 Å². The van der Waals surface area contributed by atoms with Gasteiger partial charge in [-0.2, -0.15) is 0 Å². The minimum atomic E-state index is -1.29. The smallest absolute Gasteiger partial charge is 0.248 e. The first kappa shape index (κ1) is 11.4. The third kappa shape index (κ3) is 2.65. The average molecular weight is 216 g/mol. The molecule has 0 heterocycles. The monoisotopic (exact) mass is 216 g/mol. The van der Waals surface area contributed by atoms with Crippen molar-refractivity contribution in [2.75, 3.05) is 0 Å². The van der Waals surface area contributed by atoms with Crippen LogP contribution in [-0.2, 0) is 15.8 Å². The van der Waals surface area contributed by atoms with Crippen molar-refractivity contribution in [2.45, 2.75) is 37.0 Å². The Morgan fingerprint density at radius 1 is 1.79 bits per heavy atom. The van der Waals surface area contributed by atoms with Gasteiger partial charge in [0.1, 0.15) is 11.0 Å². The van der Waals surface area contributed by atoms with Gasteiger partial charge in [-0.3, -0.25) is 9.52 Å². The zero-order valence-corrected chi connectivity index (χ0v) is 9.10. The van der Waals surface area contributed by atoms with E-state index in [1.165, 1.54) is 0 Å². The van der Waals surface area contributed by atoms with Crippen LogP contribution in [0.5, 0.6) is 0 Å². The van der Waals surface area contributed by atoms with Crippen LogP contribution in [0.1, 0.15) is 26.2 Å². The van der Waals surface area contributed by atoms with Crippen LogP contribution < -0.4 is 10.5 Å². The highest BCUT2D eigenvalue weighted by Gasteiger charge is 2.44. The van der Waals surface area contributed by atoms with Crippen molar-refractivity contribution in [2.24, 2.45) is 5.73 Å². The molecule has 2 unspecified atom stereocenters. The van der Waals surface area contributed by atoms with Crippen LogP contribution in [0.2, 0.25) is 0 Å². The van der Waals surface area contributed by atoms with Crippen LogP contribution in [0.4, 0.5) is 0 Å². The topological polar surface area (TPSA) is 72.2 Å². The summed E-state index contributed by atoms with van der Waals surface area (Å²) in [6.45, 7) is 5.38. The first-order valence-corrected chi connectivity index (χ1v) is 5.73. The van der Waals surface area contributed by atoms with E-state index in [1.807, 2.05) is 6.92 Å². The van der Waals surface area contributed by atoms with Crippen molar-refractivity contribution in [1.82, 2.24) is 4.72 Å². The summed E-state index contributed by atoms with van der Waals surface area (Å²) in [6.07, 6.45) is 3.78. The Morgan fingerprint density at radius 3 is 2.79 bits per heavy atom. The first-order chi connectivity index (χ1) is 6.49. The van der Waals surface area contributed by atoms with E-state index in [9.17, 15) is 9.00 Å². The lowest BCUT2D eigenvalue weighted by molar-refractivity contribution is -0.120. The molecule has 1 rings (SSSR count). The molecular weight excluding hydrogens is 200 g/mol. The van der Waals surface area contributed by atoms with Crippen molar-refractivity contribution >= 4 is 16.9 Å². The Morgan fingerprint density at radius 2 is 2.36 bits per heavy atom. The minimum Gasteiger partial charge on any atom is -0.320 e. The molecule has 5 heteroatoms. The number of carbonyl (C=O) groups is 1. The Labute approximate surface area is 86.5 Å². The summed E-state index contributed by atoms with van der Waals surface area (Å²) < 4.78 is 13.8. The fourth-order valence-corrected chi connectivity index (χ4v) is 1.99. The van der Waals surface area contributed by atoms with Gasteiger partial charge in [0.15, 0.2) is 0 Å². The molecule has 1 saturated carbocycles. The van der Waals surface area contributed by atoms with Crippen molar-refractivity contribution in [3.8, 4) is 0 Å². The van der Waals surface area contributed by atoms with Gasteiger partial charge in [0.05, 0.1) is 10.8 Å². The first-order valence-electron chi connectivity index (χ1n) is 4.58. The normalized spacial score (nSPS) is 22.1. The number of amides is 1. The van der Waals surface area contributed by atoms with E-state index >= 15 is 0 Å². The molecule has 1 aliphatic carbocycles. The van der Waals surface area contributed by atoms with Crippen LogP contribution in [0.15, 0.2) is 12.7 Å². The van der Waals surface area contributed by atoms with Crippen LogP contribution in [0, 0.1) is 0 Å². The lowest BCUT2D eigenvalue weighted by atomic mass is 10.2. The predicted octanol–water partition coefficient (Wildman–Crippen LogP) is 0.222. The molecule has 0 spiro atoms. The van der Waals surface area contributed by atoms with Gasteiger partial charge in [0.2, 0.25) is 5.91 Å². The molecule has 1 fully saturated rings. The highest BCUT2D eigenvalue weighted by Crippen LogP contribution is 2.39. The molecule has 4 nitrogen and oxygen atoms in total. The number of hydrogen-bond acceptors (Lipinski definition) is 3. The molecular formula is C9H16N2O2S. The van der Waals surface area contributed by atoms with Gasteiger partial charge in [-0.25, -0.2) is 4.21 Å². The summed E-state index contributed by atoms with van der Waals surface area (Å²) in [5, 5.41) is 0. The summed E-state index contributed by atoms with van der Waals surface area (Å²) in [6, 6.07) is -0.640. The summed E-state index contributed by atoms with van der Waals surface area (Å²) in [5.41, 5.74) is 5.52. The Bertz CT molecular complexity index is 274. The number of rotatable bonds is 5. The van der Waals surface area contributed by atoms with E-state index in [0.29, 0.717) is 6.42 Å². The summed E-state index contributed by atoms with van der Waals surface area (Å²) >= 11 is 0. The van der Waals surface area contributed by atoms with E-state index in [-0.39, 0.29) is 10.7 Å². The largest absolute Gasteiger partial charge is 0.320 e. The van der Waals surface area contributed by atoms with Crippen LogP contribution in [0.3, 0.4) is 0 Å². The van der Waals surface area contributed by atoms with Gasteiger partial charge in [-0.15, -0.1) is 6.58 Å². The van der Waals surface area contributed by atoms with E-state index in [4.69, 9.17) is 5.73 Å². The molecule has 3 N–H and O–H groups in total. The van der Waals surface area contributed by atoms with Gasteiger partial charge >= 0.3 is 0 Å². The maximum Gasteiger partial charge on any atom is 0.248 e. The average Bonchev–Trinajstić information content (AvgIpc) is 2.85. The third-order valence-corrected chi connectivity index (χ3v) is 4.04. The zero-order chi connectivity index (χ0) is 10.8. The number of nitrogens with one attached hydrogen (secondary N) is 1. The molecule has 80 valence electrons. The standard InChI is InChI=1S/C9H16N2O2S/c1-3-4-7(10)8(12)11-14(13)9(2)5-6-9/h3,7H,1,4-6,10H2,2H3,(H,11,12). The summed E-state index contributed by atoms with van der Waals surface area (Å²) in [5.74, 6) is -0.364. The van der Waals surface area contributed by atoms with Gasteiger partial charge in [0.25, 0.3) is 0 Å². The van der Waals surface area contributed by atoms with Crippen LogP contribution in [0.25, 0.3) is 0 Å². The fourth-order valence-electron chi connectivity index (χ4n) is 0.938. The molecule has 0 bridgehead atoms. The molecule has 0 aromatic heterocycles. The maximum atomic E-state index is 11.5. The molecule has 1 amide bonds. The lowest BCUT2D eigenvalue weighted by Crippen LogP contribution is -2.43. The predicted molar refractivity (Wildman–Crippen MR) is 56.7 cm³/mol. The Hall–Kier alpha value is -0.680. The second-order valence-electron chi connectivity index (χ2n) is 3.82. The zero-order valence-electron chi connectivity index (χ0n) is 8.29. The minimum absolute atomic E-state index is 0.219. The highest BCUT2D eigenvalue weighted by molar-refractivity contribution is 7.85. The number of nitrogens with two attached hydrogens (primary N) is 1. The molecule has 0 saturated heterocycles. The highest BCUT2D eigenvalue weighted by atomic mass is 32.2. The molecule has 2 atom stereocenters. The van der Waals surface area contributed by atoms with Gasteiger partial charge in [-0.05, 0) is 26.2 Å². The lowest BCUT2D eigenvalue weighted by Gasteiger charge is -2.12. The second-order valence-corrected chi connectivity index (χ2v) is 5.54. The second kappa shape index (κ2) is 4.23. The van der Waals surface area contributed by atoms with E-state index < -0.39 is 17.0 Å². The molecule has 0 radical (unpaired) electrons. The summed E-state index contributed by atoms with van der Waals surface area (Å²) in [7, 11) is -1.29. The van der Waals surface area contributed by atoms with Crippen molar-refractivity contribution < 1.29 is 9.00 Å². The van der Waals surface area contributed by atoms with E-state index in [2.05, 4.69) is 11.3 Å². The van der Waals surface area contributed by atoms with Crippen LogP contribution >= 0.6 is 0 Å². The molecule has 0 aromatic rings. The van der Waals surface area contributed by atoms with Crippen molar-refractivity contribution in [3.63, 3.8) is 0 Å². The quantitative estimate of drug-likeness (QED) is 0.646. The Balaban J connectivity index is 2.40. The third-order valence-electron chi connectivity index (χ3n) is 2.35. The number of carbonyl (C=O) groups excluding carboxylic acids is 1. The Kier molecular flexibility index (Phi) is 3.44.